The summed E-state index contributed by atoms with van der Waals surface area (Å²) in [7, 11) is 0. The van der Waals surface area contributed by atoms with Crippen LogP contribution in [0.3, 0.4) is 0 Å². The van der Waals surface area contributed by atoms with Crippen LogP contribution in [0.25, 0.3) is 10.9 Å². The van der Waals surface area contributed by atoms with E-state index in [-0.39, 0.29) is 12.2 Å². The van der Waals surface area contributed by atoms with Gasteiger partial charge in [-0.25, -0.2) is 4.98 Å². The van der Waals surface area contributed by atoms with Gasteiger partial charge >= 0.3 is 0 Å². The predicted octanol–water partition coefficient (Wildman–Crippen LogP) is 3.83. The van der Waals surface area contributed by atoms with E-state index in [0.29, 0.717) is 16.6 Å². The Balaban J connectivity index is 1.98. The average Bonchev–Trinajstić information content (AvgIpc) is 3.07. The number of benzene rings is 1. The first-order chi connectivity index (χ1) is 11.4. The number of nitro groups is 1. The van der Waals surface area contributed by atoms with Crippen LogP contribution in [0.2, 0.25) is 0 Å². The van der Waals surface area contributed by atoms with Crippen LogP contribution >= 0.6 is 11.3 Å². The molecule has 2 N–H and O–H groups in total. The molecule has 3 rings (SSSR count). The Morgan fingerprint density at radius 1 is 1.42 bits per heavy atom. The molecular weight excluding hydrogens is 326 g/mol. The zero-order valence-corrected chi connectivity index (χ0v) is 14.1. The summed E-state index contributed by atoms with van der Waals surface area (Å²) in [5.74, 6) is 0. The summed E-state index contributed by atoms with van der Waals surface area (Å²) in [5.41, 5.74) is 1.51. The summed E-state index contributed by atoms with van der Waals surface area (Å²) in [6.45, 7) is 3.81. The number of non-ortho nitro benzene ring substituents is 1. The molecule has 2 aromatic heterocycles. The number of aryl methyl sites for hydroxylation is 1. The van der Waals surface area contributed by atoms with E-state index < -0.39 is 10.5 Å². The number of anilines is 1. The maximum Gasteiger partial charge on any atom is 0.295 e. The van der Waals surface area contributed by atoms with Gasteiger partial charge in [0.15, 0.2) is 5.52 Å². The molecule has 1 aromatic carbocycles. The number of hydrogen-bond acceptors (Lipinski definition) is 6. The van der Waals surface area contributed by atoms with Gasteiger partial charge in [-0.3, -0.25) is 10.1 Å². The summed E-state index contributed by atoms with van der Waals surface area (Å²) in [4.78, 5) is 15.1. The van der Waals surface area contributed by atoms with Crippen molar-refractivity contribution < 1.29 is 10.0 Å². The molecule has 124 valence electrons. The van der Waals surface area contributed by atoms with Gasteiger partial charge in [-0.15, -0.1) is 0 Å². The summed E-state index contributed by atoms with van der Waals surface area (Å²) >= 11 is 1.53. The van der Waals surface area contributed by atoms with Crippen LogP contribution in [0.4, 0.5) is 11.4 Å². The molecule has 0 saturated carbocycles. The summed E-state index contributed by atoms with van der Waals surface area (Å²) in [6.07, 6.45) is 0. The number of thiophene rings is 1. The molecule has 0 saturated heterocycles. The lowest BCUT2D eigenvalue weighted by molar-refractivity contribution is -0.383. The highest BCUT2D eigenvalue weighted by molar-refractivity contribution is 7.08. The number of hydrogen-bond donors (Lipinski definition) is 2. The van der Waals surface area contributed by atoms with E-state index >= 15 is 0 Å². The summed E-state index contributed by atoms with van der Waals surface area (Å²) < 4.78 is 0. The van der Waals surface area contributed by atoms with E-state index in [1.54, 1.807) is 26.0 Å². The Hall–Kier alpha value is -2.51. The Morgan fingerprint density at radius 3 is 2.88 bits per heavy atom. The predicted molar refractivity (Wildman–Crippen MR) is 95.5 cm³/mol. The third-order valence-electron chi connectivity index (χ3n) is 3.91. The van der Waals surface area contributed by atoms with Gasteiger partial charge in [0.05, 0.1) is 4.92 Å². The normalized spacial score (nSPS) is 13.6. The zero-order chi connectivity index (χ0) is 17.3. The Kier molecular flexibility index (Phi) is 4.21. The highest BCUT2D eigenvalue weighted by Crippen LogP contribution is 2.31. The molecule has 0 amide bonds. The van der Waals surface area contributed by atoms with Crippen molar-refractivity contribution in [2.24, 2.45) is 0 Å². The fourth-order valence-corrected chi connectivity index (χ4v) is 3.38. The maximum atomic E-state index is 11.2. The molecule has 24 heavy (non-hydrogen) atoms. The van der Waals surface area contributed by atoms with E-state index in [4.69, 9.17) is 0 Å². The second-order valence-corrected chi connectivity index (χ2v) is 6.66. The van der Waals surface area contributed by atoms with E-state index in [1.807, 2.05) is 22.9 Å². The van der Waals surface area contributed by atoms with Crippen molar-refractivity contribution >= 4 is 33.6 Å². The first-order valence-corrected chi connectivity index (χ1v) is 8.36. The van der Waals surface area contributed by atoms with Gasteiger partial charge in [0, 0.05) is 29.4 Å². The molecule has 3 aromatic rings. The average molecular weight is 343 g/mol. The number of aromatic nitrogens is 1. The van der Waals surface area contributed by atoms with Gasteiger partial charge in [0.2, 0.25) is 0 Å². The number of pyridine rings is 1. The van der Waals surface area contributed by atoms with E-state index in [0.717, 1.165) is 11.3 Å². The lowest BCUT2D eigenvalue weighted by Crippen LogP contribution is -2.30. The Labute approximate surface area is 142 Å². The SMILES string of the molecule is Cc1cc(NCC(C)(O)c2ccsc2)c2cccc([N+](=O)[O-])c2n1. The van der Waals surface area contributed by atoms with Crippen molar-refractivity contribution in [3.63, 3.8) is 0 Å². The molecular formula is C17H17N3O3S. The minimum absolute atomic E-state index is 0.0242. The molecule has 0 bridgehead atoms. The minimum Gasteiger partial charge on any atom is -0.384 e. The highest BCUT2D eigenvalue weighted by atomic mass is 32.1. The molecule has 0 fully saturated rings. The Morgan fingerprint density at radius 2 is 2.21 bits per heavy atom. The molecule has 2 heterocycles. The van der Waals surface area contributed by atoms with Gasteiger partial charge in [-0.2, -0.15) is 11.3 Å². The molecule has 1 unspecified atom stereocenters. The first-order valence-electron chi connectivity index (χ1n) is 7.42. The largest absolute Gasteiger partial charge is 0.384 e. The van der Waals surface area contributed by atoms with Gasteiger partial charge < -0.3 is 10.4 Å². The third-order valence-corrected chi connectivity index (χ3v) is 4.59. The smallest absolute Gasteiger partial charge is 0.295 e. The number of fused-ring (bicyclic) bond motifs is 1. The highest BCUT2D eigenvalue weighted by Gasteiger charge is 2.24. The number of nitrogens with zero attached hydrogens (tertiary/aromatic N) is 2. The topological polar surface area (TPSA) is 88.3 Å². The molecule has 0 aliphatic rings. The monoisotopic (exact) mass is 343 g/mol. The Bertz CT molecular complexity index is 891. The molecule has 6 nitrogen and oxygen atoms in total. The second kappa shape index (κ2) is 6.18. The van der Waals surface area contributed by atoms with Crippen LogP contribution in [0.5, 0.6) is 0 Å². The lowest BCUT2D eigenvalue weighted by atomic mass is 9.99. The molecule has 7 heteroatoms. The number of nitrogens with one attached hydrogen (secondary N) is 1. The number of para-hydroxylation sites is 1. The molecule has 0 radical (unpaired) electrons. The second-order valence-electron chi connectivity index (χ2n) is 5.88. The fraction of sp³-hybridized carbons (Fsp3) is 0.235. The standard InChI is InChI=1S/C17H17N3O3S/c1-11-8-14(18-10-17(2,21)12-6-7-24-9-12)13-4-3-5-15(20(22)23)16(13)19-11/h3-9,21H,10H2,1-2H3,(H,18,19). The maximum absolute atomic E-state index is 11.2. The van der Waals surface area contributed by atoms with Crippen LogP contribution in [-0.4, -0.2) is 21.6 Å². The fourth-order valence-electron chi connectivity index (χ4n) is 2.60. The van der Waals surface area contributed by atoms with Crippen molar-refractivity contribution in [3.05, 3.63) is 62.5 Å². The molecule has 0 aliphatic carbocycles. The van der Waals surface area contributed by atoms with Gasteiger partial charge in [0.25, 0.3) is 5.69 Å². The van der Waals surface area contributed by atoms with Crippen LogP contribution in [0.1, 0.15) is 18.2 Å². The van der Waals surface area contributed by atoms with Crippen molar-refractivity contribution in [1.82, 2.24) is 4.98 Å². The van der Waals surface area contributed by atoms with Crippen molar-refractivity contribution in [2.75, 3.05) is 11.9 Å². The number of aliphatic hydroxyl groups is 1. The zero-order valence-electron chi connectivity index (χ0n) is 13.3. The van der Waals surface area contributed by atoms with E-state index in [1.165, 1.54) is 17.4 Å². The number of nitro benzene ring substituents is 1. The van der Waals surface area contributed by atoms with Crippen LogP contribution in [-0.2, 0) is 5.60 Å². The van der Waals surface area contributed by atoms with Gasteiger partial charge in [-0.05, 0) is 42.3 Å². The van der Waals surface area contributed by atoms with Gasteiger partial charge in [0.1, 0.15) is 5.60 Å². The lowest BCUT2D eigenvalue weighted by Gasteiger charge is -2.24. The van der Waals surface area contributed by atoms with Crippen LogP contribution in [0, 0.1) is 17.0 Å². The van der Waals surface area contributed by atoms with Crippen molar-refractivity contribution in [1.29, 1.82) is 0 Å². The van der Waals surface area contributed by atoms with Crippen LogP contribution < -0.4 is 5.32 Å². The molecule has 0 spiro atoms. The van der Waals surface area contributed by atoms with E-state index in [2.05, 4.69) is 10.3 Å². The van der Waals surface area contributed by atoms with Crippen LogP contribution in [0.15, 0.2) is 41.1 Å². The third kappa shape index (κ3) is 3.08. The quantitative estimate of drug-likeness (QED) is 0.543. The number of rotatable bonds is 5. The summed E-state index contributed by atoms with van der Waals surface area (Å²) in [5, 5.41) is 29.6. The van der Waals surface area contributed by atoms with Crippen molar-refractivity contribution in [3.8, 4) is 0 Å². The minimum atomic E-state index is -1.04. The molecule has 1 atom stereocenters. The van der Waals surface area contributed by atoms with E-state index in [9.17, 15) is 15.2 Å². The van der Waals surface area contributed by atoms with Crippen molar-refractivity contribution in [2.45, 2.75) is 19.4 Å². The van der Waals surface area contributed by atoms with Gasteiger partial charge in [-0.1, -0.05) is 12.1 Å². The summed E-state index contributed by atoms with van der Waals surface area (Å²) in [6, 6.07) is 8.58. The first kappa shape index (κ1) is 16.4. The molecule has 0 aliphatic heterocycles.